The van der Waals surface area contributed by atoms with Gasteiger partial charge in [-0.15, -0.1) is 0 Å². The molecule has 0 bridgehead atoms. The molecule has 2 N–H and O–H groups in total. The number of aromatic nitrogens is 1. The minimum atomic E-state index is -0.526. The van der Waals surface area contributed by atoms with Gasteiger partial charge in [0, 0.05) is 24.1 Å². The molecule has 174 valence electrons. The van der Waals surface area contributed by atoms with Crippen molar-refractivity contribution in [1.29, 1.82) is 0 Å². The van der Waals surface area contributed by atoms with Gasteiger partial charge in [-0.3, -0.25) is 19.7 Å². The summed E-state index contributed by atoms with van der Waals surface area (Å²) in [6.07, 6.45) is 3.46. The fraction of sp³-hybridized carbons (Fsp3) is 0.333. The number of aromatic amines is 1. The Morgan fingerprint density at radius 2 is 1.91 bits per heavy atom. The number of nitro groups is 1. The highest BCUT2D eigenvalue weighted by Crippen LogP contribution is 2.34. The van der Waals surface area contributed by atoms with Crippen LogP contribution in [0.5, 0.6) is 11.5 Å². The molecule has 1 aromatic heterocycles. The Labute approximate surface area is 190 Å². The highest BCUT2D eigenvalue weighted by molar-refractivity contribution is 5.98. The molecule has 0 fully saturated rings. The van der Waals surface area contributed by atoms with Crippen molar-refractivity contribution in [2.75, 3.05) is 20.3 Å². The molecule has 0 unspecified atom stereocenters. The van der Waals surface area contributed by atoms with E-state index in [0.29, 0.717) is 35.4 Å². The van der Waals surface area contributed by atoms with Gasteiger partial charge in [-0.05, 0) is 36.6 Å². The first-order chi connectivity index (χ1) is 15.9. The maximum Gasteiger partial charge on any atom is 0.269 e. The average Bonchev–Trinajstić information content (AvgIpc) is 2.81. The van der Waals surface area contributed by atoms with Crippen molar-refractivity contribution >= 4 is 22.5 Å². The lowest BCUT2D eigenvalue weighted by atomic mass is 10.1. The molecule has 2 aromatic carbocycles. The largest absolute Gasteiger partial charge is 0.493 e. The monoisotopic (exact) mass is 453 g/mol. The number of non-ortho nitro benzene ring substituents is 1. The Morgan fingerprint density at radius 3 is 2.58 bits per heavy atom. The first kappa shape index (κ1) is 23.8. The zero-order chi connectivity index (χ0) is 23.8. The fourth-order valence-corrected chi connectivity index (χ4v) is 3.43. The summed E-state index contributed by atoms with van der Waals surface area (Å²) in [6, 6.07) is 11.2. The molecule has 0 aliphatic carbocycles. The van der Waals surface area contributed by atoms with Gasteiger partial charge in [-0.1, -0.05) is 31.9 Å². The molecule has 0 aliphatic rings. The zero-order valence-corrected chi connectivity index (χ0v) is 18.7. The SMILES string of the molecule is CCCCCOc1c(OC)ccc2cc(C(=O)NCCc3ccc([N+](=O)[O-])cc3)c(=O)[nH]c12. The number of nitrogens with zero attached hydrogens (tertiary/aromatic N) is 1. The van der Waals surface area contributed by atoms with Crippen LogP contribution in [0.25, 0.3) is 10.9 Å². The summed E-state index contributed by atoms with van der Waals surface area (Å²) in [5.74, 6) is 0.463. The van der Waals surface area contributed by atoms with E-state index in [1.807, 2.05) is 0 Å². The summed E-state index contributed by atoms with van der Waals surface area (Å²) in [5, 5.41) is 14.1. The quantitative estimate of drug-likeness (QED) is 0.257. The number of nitrogens with one attached hydrogen (secondary N) is 2. The van der Waals surface area contributed by atoms with E-state index in [9.17, 15) is 19.7 Å². The third-order valence-corrected chi connectivity index (χ3v) is 5.24. The van der Waals surface area contributed by atoms with Gasteiger partial charge < -0.3 is 19.8 Å². The summed E-state index contributed by atoms with van der Waals surface area (Å²) in [4.78, 5) is 38.3. The van der Waals surface area contributed by atoms with Crippen LogP contribution >= 0.6 is 0 Å². The van der Waals surface area contributed by atoms with Gasteiger partial charge >= 0.3 is 0 Å². The van der Waals surface area contributed by atoms with Gasteiger partial charge in [-0.2, -0.15) is 0 Å². The molecule has 3 rings (SSSR count). The third-order valence-electron chi connectivity index (χ3n) is 5.24. The first-order valence-corrected chi connectivity index (χ1v) is 10.8. The second kappa shape index (κ2) is 11.1. The van der Waals surface area contributed by atoms with Crippen LogP contribution in [0.2, 0.25) is 0 Å². The first-order valence-electron chi connectivity index (χ1n) is 10.8. The second-order valence-electron chi connectivity index (χ2n) is 7.56. The molecule has 0 radical (unpaired) electrons. The van der Waals surface area contributed by atoms with Crippen LogP contribution < -0.4 is 20.3 Å². The minimum Gasteiger partial charge on any atom is -0.493 e. The molecule has 0 saturated carbocycles. The zero-order valence-electron chi connectivity index (χ0n) is 18.7. The van der Waals surface area contributed by atoms with Gasteiger partial charge in [0.1, 0.15) is 5.56 Å². The van der Waals surface area contributed by atoms with Crippen LogP contribution in [0.3, 0.4) is 0 Å². The lowest BCUT2D eigenvalue weighted by molar-refractivity contribution is -0.384. The number of carbonyl (C=O) groups excluding carboxylic acids is 1. The van der Waals surface area contributed by atoms with E-state index in [0.717, 1.165) is 24.8 Å². The molecule has 3 aromatic rings. The van der Waals surface area contributed by atoms with E-state index in [2.05, 4.69) is 17.2 Å². The number of benzene rings is 2. The lowest BCUT2D eigenvalue weighted by Gasteiger charge is -2.14. The molecule has 0 spiro atoms. The number of unbranched alkanes of at least 4 members (excludes halogenated alkanes) is 2. The molecule has 9 heteroatoms. The number of amides is 1. The smallest absolute Gasteiger partial charge is 0.269 e. The van der Waals surface area contributed by atoms with Crippen molar-refractivity contribution in [1.82, 2.24) is 10.3 Å². The Balaban J connectivity index is 1.73. The normalized spacial score (nSPS) is 10.7. The van der Waals surface area contributed by atoms with Crippen LogP contribution in [0, 0.1) is 10.1 Å². The van der Waals surface area contributed by atoms with Crippen LogP contribution in [-0.2, 0) is 6.42 Å². The Kier molecular flexibility index (Phi) is 8.01. The van der Waals surface area contributed by atoms with Gasteiger partial charge in [-0.25, -0.2) is 0 Å². The molecule has 0 atom stereocenters. The van der Waals surface area contributed by atoms with Crippen molar-refractivity contribution < 1.29 is 19.2 Å². The van der Waals surface area contributed by atoms with E-state index < -0.39 is 16.4 Å². The summed E-state index contributed by atoms with van der Waals surface area (Å²) in [5.41, 5.74) is 0.801. The number of pyridine rings is 1. The lowest BCUT2D eigenvalue weighted by Crippen LogP contribution is -2.31. The average molecular weight is 453 g/mol. The fourth-order valence-electron chi connectivity index (χ4n) is 3.43. The number of methoxy groups -OCH3 is 1. The third kappa shape index (κ3) is 5.88. The van der Waals surface area contributed by atoms with Gasteiger partial charge in [0.15, 0.2) is 11.5 Å². The topological polar surface area (TPSA) is 124 Å². The number of rotatable bonds is 11. The van der Waals surface area contributed by atoms with E-state index in [-0.39, 0.29) is 17.8 Å². The number of H-pyrrole nitrogens is 1. The molecule has 1 amide bonds. The number of nitro benzene ring substituents is 1. The van der Waals surface area contributed by atoms with Crippen LogP contribution in [0.15, 0.2) is 47.3 Å². The molecule has 0 saturated heterocycles. The van der Waals surface area contributed by atoms with Crippen LogP contribution in [0.4, 0.5) is 5.69 Å². The molecule has 33 heavy (non-hydrogen) atoms. The minimum absolute atomic E-state index is 0.00620. The van der Waals surface area contributed by atoms with Crippen molar-refractivity contribution in [3.05, 3.63) is 74.1 Å². The molecule has 1 heterocycles. The molecule has 0 aliphatic heterocycles. The number of fused-ring (bicyclic) bond motifs is 1. The Morgan fingerprint density at radius 1 is 1.15 bits per heavy atom. The summed E-state index contributed by atoms with van der Waals surface area (Å²) in [7, 11) is 1.53. The predicted octanol–water partition coefficient (Wildman–Crippen LogP) is 3.99. The van der Waals surface area contributed by atoms with Gasteiger partial charge in [0.2, 0.25) is 0 Å². The van der Waals surface area contributed by atoms with Crippen LogP contribution in [-0.4, -0.2) is 36.1 Å². The van der Waals surface area contributed by atoms with Crippen molar-refractivity contribution in [3.8, 4) is 11.5 Å². The Hall–Kier alpha value is -3.88. The predicted molar refractivity (Wildman–Crippen MR) is 125 cm³/mol. The summed E-state index contributed by atoms with van der Waals surface area (Å²) < 4.78 is 11.3. The standard InChI is InChI=1S/C24H27N3O6/c1-3-4-5-14-33-22-20(32-2)11-8-17-15-19(24(29)26-21(17)22)23(28)25-13-12-16-6-9-18(10-7-16)27(30)31/h6-11,15H,3-5,12-14H2,1-2H3,(H,25,28)(H,26,29). The van der Waals surface area contributed by atoms with E-state index in [1.54, 1.807) is 24.3 Å². The van der Waals surface area contributed by atoms with E-state index in [4.69, 9.17) is 9.47 Å². The molecular formula is C24H27N3O6. The van der Waals surface area contributed by atoms with E-state index >= 15 is 0 Å². The number of carbonyl (C=O) groups is 1. The summed E-state index contributed by atoms with van der Waals surface area (Å²) in [6.45, 7) is 2.88. The maximum absolute atomic E-state index is 12.7. The molecule has 9 nitrogen and oxygen atoms in total. The highest BCUT2D eigenvalue weighted by Gasteiger charge is 2.16. The van der Waals surface area contributed by atoms with Gasteiger partial charge in [0.25, 0.3) is 17.2 Å². The Bertz CT molecular complexity index is 1190. The number of hydrogen-bond donors (Lipinski definition) is 2. The van der Waals surface area contributed by atoms with Crippen molar-refractivity contribution in [2.45, 2.75) is 32.6 Å². The number of hydrogen-bond acceptors (Lipinski definition) is 6. The van der Waals surface area contributed by atoms with Crippen LogP contribution in [0.1, 0.15) is 42.1 Å². The van der Waals surface area contributed by atoms with Gasteiger partial charge in [0.05, 0.1) is 24.2 Å². The van der Waals surface area contributed by atoms with Crippen molar-refractivity contribution in [2.24, 2.45) is 0 Å². The number of ether oxygens (including phenoxy) is 2. The van der Waals surface area contributed by atoms with E-state index in [1.165, 1.54) is 25.3 Å². The maximum atomic E-state index is 12.7. The summed E-state index contributed by atoms with van der Waals surface area (Å²) >= 11 is 0. The van der Waals surface area contributed by atoms with Crippen molar-refractivity contribution in [3.63, 3.8) is 0 Å². The highest BCUT2D eigenvalue weighted by atomic mass is 16.6. The second-order valence-corrected chi connectivity index (χ2v) is 7.56. The molecular weight excluding hydrogens is 426 g/mol.